The van der Waals surface area contributed by atoms with Crippen molar-refractivity contribution >= 4 is 5.91 Å². The van der Waals surface area contributed by atoms with Gasteiger partial charge < -0.3 is 5.32 Å². The van der Waals surface area contributed by atoms with E-state index in [1.54, 1.807) is 0 Å². The van der Waals surface area contributed by atoms with Gasteiger partial charge in [-0.2, -0.15) is 0 Å². The zero-order valence-electron chi connectivity index (χ0n) is 17.0. The molecule has 1 saturated heterocycles. The highest BCUT2D eigenvalue weighted by molar-refractivity contribution is 5.80. The molecule has 3 aromatic rings. The van der Waals surface area contributed by atoms with E-state index in [1.165, 1.54) is 12.1 Å². The number of halogens is 1. The molecular weight excluding hydrogens is 375 g/mol. The van der Waals surface area contributed by atoms with Gasteiger partial charge in [-0.3, -0.25) is 9.69 Å². The van der Waals surface area contributed by atoms with Crippen molar-refractivity contribution in [1.29, 1.82) is 0 Å². The molecule has 1 atom stereocenters. The third-order valence-electron chi connectivity index (χ3n) is 5.75. The summed E-state index contributed by atoms with van der Waals surface area (Å²) in [4.78, 5) is 15.5. The molecule has 0 bridgehead atoms. The van der Waals surface area contributed by atoms with Gasteiger partial charge in [0.1, 0.15) is 5.82 Å². The van der Waals surface area contributed by atoms with E-state index in [0.717, 1.165) is 49.2 Å². The van der Waals surface area contributed by atoms with Crippen LogP contribution in [-0.2, 0) is 11.3 Å². The lowest BCUT2D eigenvalue weighted by Crippen LogP contribution is -2.43. The van der Waals surface area contributed by atoms with Crippen LogP contribution in [0.3, 0.4) is 0 Å². The van der Waals surface area contributed by atoms with Crippen LogP contribution in [-0.4, -0.2) is 23.9 Å². The second kappa shape index (κ2) is 9.68. The first-order chi connectivity index (χ1) is 14.7. The molecule has 1 amide bonds. The Labute approximate surface area is 177 Å². The molecule has 0 saturated carbocycles. The first-order valence-electron chi connectivity index (χ1n) is 10.6. The molecule has 1 aliphatic rings. The monoisotopic (exact) mass is 402 g/mol. The topological polar surface area (TPSA) is 32.3 Å². The summed E-state index contributed by atoms with van der Waals surface area (Å²) in [6.07, 6.45) is 1.88. The van der Waals surface area contributed by atoms with Crippen LogP contribution in [0.5, 0.6) is 0 Å². The van der Waals surface area contributed by atoms with Crippen LogP contribution in [0, 0.1) is 11.7 Å². The fraction of sp³-hybridized carbons (Fsp3) is 0.269. The first kappa shape index (κ1) is 20.3. The molecule has 154 valence electrons. The molecule has 1 aliphatic heterocycles. The third kappa shape index (κ3) is 5.14. The van der Waals surface area contributed by atoms with Gasteiger partial charge in [0.05, 0.1) is 12.0 Å². The van der Waals surface area contributed by atoms with Crippen molar-refractivity contribution in [3.63, 3.8) is 0 Å². The molecule has 0 spiro atoms. The maximum absolute atomic E-state index is 13.2. The number of benzene rings is 3. The molecule has 4 rings (SSSR count). The van der Waals surface area contributed by atoms with Gasteiger partial charge in [0.25, 0.3) is 0 Å². The lowest BCUT2D eigenvalue weighted by atomic mass is 9.94. The lowest BCUT2D eigenvalue weighted by molar-refractivity contribution is -0.127. The van der Waals surface area contributed by atoms with Gasteiger partial charge in [-0.25, -0.2) is 4.39 Å². The van der Waals surface area contributed by atoms with Gasteiger partial charge in [0.15, 0.2) is 0 Å². The number of carbonyl (C=O) groups excluding carboxylic acids is 1. The number of hydrogen-bond acceptors (Lipinski definition) is 2. The second-order valence-corrected chi connectivity index (χ2v) is 7.96. The largest absolute Gasteiger partial charge is 0.345 e. The molecule has 0 aliphatic carbocycles. The summed E-state index contributed by atoms with van der Waals surface area (Å²) in [5.41, 5.74) is 3.23. The summed E-state index contributed by atoms with van der Waals surface area (Å²) in [6.45, 7) is 2.42. The van der Waals surface area contributed by atoms with Crippen molar-refractivity contribution in [2.75, 3.05) is 13.1 Å². The van der Waals surface area contributed by atoms with E-state index in [9.17, 15) is 9.18 Å². The van der Waals surface area contributed by atoms with Gasteiger partial charge in [-0.05, 0) is 48.2 Å². The maximum atomic E-state index is 13.2. The normalized spacial score (nSPS) is 17.1. The molecule has 30 heavy (non-hydrogen) atoms. The number of hydrogen-bond donors (Lipinski definition) is 1. The Hall–Kier alpha value is -2.98. The van der Waals surface area contributed by atoms with E-state index in [1.807, 2.05) is 48.5 Å². The SMILES string of the molecule is O=C(NC(c1ccccc1)c1ccccc1)[C@H]1CCCN(Cc2ccc(F)cc2)C1. The second-order valence-electron chi connectivity index (χ2n) is 7.96. The fourth-order valence-corrected chi connectivity index (χ4v) is 4.17. The number of nitrogens with zero attached hydrogens (tertiary/aromatic N) is 1. The van der Waals surface area contributed by atoms with Crippen molar-refractivity contribution in [1.82, 2.24) is 10.2 Å². The van der Waals surface area contributed by atoms with Crippen molar-refractivity contribution in [2.24, 2.45) is 5.92 Å². The zero-order valence-corrected chi connectivity index (χ0v) is 17.0. The van der Waals surface area contributed by atoms with Crippen LogP contribution < -0.4 is 5.32 Å². The Balaban J connectivity index is 1.45. The van der Waals surface area contributed by atoms with Gasteiger partial charge in [0, 0.05) is 13.1 Å². The summed E-state index contributed by atoms with van der Waals surface area (Å²) in [5.74, 6) is -0.173. The molecule has 1 heterocycles. The predicted molar refractivity (Wildman–Crippen MR) is 117 cm³/mol. The van der Waals surface area contributed by atoms with Gasteiger partial charge in [-0.15, -0.1) is 0 Å². The highest BCUT2D eigenvalue weighted by atomic mass is 19.1. The van der Waals surface area contributed by atoms with Crippen LogP contribution >= 0.6 is 0 Å². The van der Waals surface area contributed by atoms with Crippen LogP contribution in [0.4, 0.5) is 4.39 Å². The standard InChI is InChI=1S/C26H27FN2O/c27-24-15-13-20(14-16-24)18-29-17-7-12-23(19-29)26(30)28-25(21-8-3-1-4-9-21)22-10-5-2-6-11-22/h1-6,8-11,13-16,23,25H,7,12,17-19H2,(H,28,30)/t23-/m0/s1. The molecule has 0 radical (unpaired) electrons. The van der Waals surface area contributed by atoms with E-state index in [4.69, 9.17) is 0 Å². The van der Waals surface area contributed by atoms with Crippen LogP contribution in [0.25, 0.3) is 0 Å². The lowest BCUT2D eigenvalue weighted by Gasteiger charge is -2.33. The number of amides is 1. The van der Waals surface area contributed by atoms with E-state index in [2.05, 4.69) is 34.5 Å². The molecule has 3 aromatic carbocycles. The Morgan fingerprint density at radius 1 is 0.933 bits per heavy atom. The summed E-state index contributed by atoms with van der Waals surface area (Å²) in [7, 11) is 0. The van der Waals surface area contributed by atoms with Crippen molar-refractivity contribution in [3.05, 3.63) is 107 Å². The van der Waals surface area contributed by atoms with E-state index in [-0.39, 0.29) is 23.7 Å². The van der Waals surface area contributed by atoms with Gasteiger partial charge in [-0.1, -0.05) is 72.8 Å². The minimum atomic E-state index is -0.220. The van der Waals surface area contributed by atoms with Gasteiger partial charge in [0.2, 0.25) is 5.91 Å². The average molecular weight is 403 g/mol. The predicted octanol–water partition coefficient (Wildman–Crippen LogP) is 4.94. The smallest absolute Gasteiger partial charge is 0.225 e. The van der Waals surface area contributed by atoms with Crippen molar-refractivity contribution in [3.8, 4) is 0 Å². The van der Waals surface area contributed by atoms with Crippen LogP contribution in [0.1, 0.15) is 35.6 Å². The zero-order chi connectivity index (χ0) is 20.8. The quantitative estimate of drug-likeness (QED) is 0.633. The molecule has 1 N–H and O–H groups in total. The average Bonchev–Trinajstić information content (AvgIpc) is 2.80. The molecular formula is C26H27FN2O. The maximum Gasteiger partial charge on any atom is 0.225 e. The highest BCUT2D eigenvalue weighted by Gasteiger charge is 2.28. The minimum Gasteiger partial charge on any atom is -0.345 e. The number of rotatable bonds is 6. The number of likely N-dealkylation sites (tertiary alicyclic amines) is 1. The molecule has 3 nitrogen and oxygen atoms in total. The summed E-state index contributed by atoms with van der Waals surface area (Å²) < 4.78 is 13.2. The van der Waals surface area contributed by atoms with E-state index < -0.39 is 0 Å². The Bertz CT molecular complexity index is 904. The van der Waals surface area contributed by atoms with Crippen molar-refractivity contribution in [2.45, 2.75) is 25.4 Å². The van der Waals surface area contributed by atoms with E-state index >= 15 is 0 Å². The molecule has 1 fully saturated rings. The Morgan fingerprint density at radius 3 is 2.13 bits per heavy atom. The first-order valence-corrected chi connectivity index (χ1v) is 10.6. The number of carbonyl (C=O) groups is 1. The fourth-order valence-electron chi connectivity index (χ4n) is 4.17. The Morgan fingerprint density at radius 2 is 1.53 bits per heavy atom. The number of piperidine rings is 1. The van der Waals surface area contributed by atoms with Crippen LogP contribution in [0.2, 0.25) is 0 Å². The number of nitrogens with one attached hydrogen (secondary N) is 1. The Kier molecular flexibility index (Phi) is 6.55. The summed E-state index contributed by atoms with van der Waals surface area (Å²) >= 11 is 0. The third-order valence-corrected chi connectivity index (χ3v) is 5.75. The van der Waals surface area contributed by atoms with E-state index in [0.29, 0.717) is 0 Å². The molecule has 0 aromatic heterocycles. The molecule has 0 unspecified atom stereocenters. The minimum absolute atomic E-state index is 0.0471. The summed E-state index contributed by atoms with van der Waals surface area (Å²) in [6, 6.07) is 26.7. The summed E-state index contributed by atoms with van der Waals surface area (Å²) in [5, 5.41) is 3.30. The van der Waals surface area contributed by atoms with Crippen LogP contribution in [0.15, 0.2) is 84.9 Å². The highest BCUT2D eigenvalue weighted by Crippen LogP contribution is 2.25. The van der Waals surface area contributed by atoms with Gasteiger partial charge >= 0.3 is 0 Å². The molecule has 4 heteroatoms. The van der Waals surface area contributed by atoms with Crippen molar-refractivity contribution < 1.29 is 9.18 Å².